The zero-order valence-corrected chi connectivity index (χ0v) is 20.7. The summed E-state index contributed by atoms with van der Waals surface area (Å²) >= 11 is 0. The van der Waals surface area contributed by atoms with Crippen LogP contribution in [-0.4, -0.2) is 66.4 Å². The van der Waals surface area contributed by atoms with E-state index >= 15 is 0 Å². The van der Waals surface area contributed by atoms with Crippen LogP contribution in [0.15, 0.2) is 48.8 Å². The number of hydrogen-bond acceptors (Lipinski definition) is 7. The Bertz CT molecular complexity index is 1500. The molecule has 5 heterocycles. The lowest BCUT2D eigenvalue weighted by atomic mass is 9.95. The van der Waals surface area contributed by atoms with Gasteiger partial charge in [0.2, 0.25) is 0 Å². The van der Waals surface area contributed by atoms with E-state index in [0.717, 1.165) is 53.3 Å². The van der Waals surface area contributed by atoms with Crippen LogP contribution < -0.4 is 16.0 Å². The van der Waals surface area contributed by atoms with E-state index in [2.05, 4.69) is 26.4 Å². The largest absolute Gasteiger partial charge is 0.383 e. The molecule has 10 heteroatoms. The molecule has 3 fully saturated rings. The fourth-order valence-electron chi connectivity index (χ4n) is 5.83. The highest BCUT2D eigenvalue weighted by Crippen LogP contribution is 2.41. The Morgan fingerprint density at radius 3 is 2.63 bits per heavy atom. The maximum absolute atomic E-state index is 14.3. The molecular formula is C28H28F2N6O2. The summed E-state index contributed by atoms with van der Waals surface area (Å²) in [6.07, 6.45) is 4.41. The van der Waals surface area contributed by atoms with Gasteiger partial charge in [0.1, 0.15) is 23.5 Å². The van der Waals surface area contributed by atoms with E-state index in [1.165, 1.54) is 12.1 Å². The van der Waals surface area contributed by atoms with E-state index in [1.54, 1.807) is 12.4 Å². The number of nitrogen functional groups attached to an aromatic ring is 1. The number of halogens is 2. The van der Waals surface area contributed by atoms with Crippen molar-refractivity contribution in [2.75, 3.05) is 50.1 Å². The number of anilines is 2. The summed E-state index contributed by atoms with van der Waals surface area (Å²) in [6, 6.07) is 10.0. The second-order valence-corrected chi connectivity index (χ2v) is 10.2. The van der Waals surface area contributed by atoms with Crippen LogP contribution in [0.1, 0.15) is 12.5 Å². The molecule has 3 aliphatic rings. The van der Waals surface area contributed by atoms with Crippen LogP contribution in [0.25, 0.3) is 33.2 Å². The molecule has 7 rings (SSSR count). The number of ether oxygens (including phenoxy) is 2. The highest BCUT2D eigenvalue weighted by Gasteiger charge is 2.34. The van der Waals surface area contributed by atoms with Gasteiger partial charge in [0.05, 0.1) is 43.3 Å². The third kappa shape index (κ3) is 4.00. The summed E-state index contributed by atoms with van der Waals surface area (Å²) in [5, 5.41) is 8.95. The van der Waals surface area contributed by atoms with Gasteiger partial charge in [0.15, 0.2) is 0 Å². The Kier molecular flexibility index (Phi) is 5.75. The number of nitrogens with one attached hydrogen (secondary N) is 1. The van der Waals surface area contributed by atoms with Crippen molar-refractivity contribution in [2.24, 2.45) is 0 Å². The first-order valence-electron chi connectivity index (χ1n) is 13.0. The minimum Gasteiger partial charge on any atom is -0.383 e. The molecule has 196 valence electrons. The molecule has 8 nitrogen and oxygen atoms in total. The number of aromatic nitrogens is 3. The number of nitrogens with two attached hydrogens (primary N) is 1. The quantitative estimate of drug-likeness (QED) is 0.425. The minimum absolute atomic E-state index is 0.0274. The molecule has 2 atom stereocenters. The van der Waals surface area contributed by atoms with Crippen molar-refractivity contribution in [3.8, 4) is 22.3 Å². The molecule has 3 N–H and O–H groups in total. The predicted molar refractivity (Wildman–Crippen MR) is 141 cm³/mol. The summed E-state index contributed by atoms with van der Waals surface area (Å²) in [6.45, 7) is 4.13. The highest BCUT2D eigenvalue weighted by atomic mass is 19.1. The predicted octanol–water partition coefficient (Wildman–Crippen LogP) is 3.76. The Hall–Kier alpha value is -3.60. The molecule has 3 saturated heterocycles. The first kappa shape index (κ1) is 23.5. The molecule has 0 spiro atoms. The van der Waals surface area contributed by atoms with Crippen molar-refractivity contribution in [1.82, 2.24) is 20.1 Å². The van der Waals surface area contributed by atoms with Crippen LogP contribution in [0.4, 0.5) is 20.3 Å². The van der Waals surface area contributed by atoms with Gasteiger partial charge in [-0.05, 0) is 41.8 Å². The van der Waals surface area contributed by atoms with Gasteiger partial charge < -0.3 is 25.4 Å². The molecule has 0 radical (unpaired) electrons. The van der Waals surface area contributed by atoms with E-state index < -0.39 is 11.6 Å². The third-order valence-electron chi connectivity index (χ3n) is 7.84. The van der Waals surface area contributed by atoms with Gasteiger partial charge in [-0.3, -0.25) is 4.98 Å². The number of rotatable bonds is 4. The van der Waals surface area contributed by atoms with Gasteiger partial charge in [0.25, 0.3) is 0 Å². The Morgan fingerprint density at radius 2 is 1.84 bits per heavy atom. The van der Waals surface area contributed by atoms with E-state index in [4.69, 9.17) is 15.2 Å². The second kappa shape index (κ2) is 9.30. The van der Waals surface area contributed by atoms with Crippen molar-refractivity contribution in [2.45, 2.75) is 24.6 Å². The van der Waals surface area contributed by atoms with Crippen LogP contribution in [-0.2, 0) is 9.47 Å². The van der Waals surface area contributed by atoms with Crippen molar-refractivity contribution in [1.29, 1.82) is 0 Å². The fourth-order valence-corrected chi connectivity index (χ4v) is 5.83. The standard InChI is InChI=1S/C28H28F2N6O2/c29-18-7-17(8-19(30)10-18)22-11-33-24-2-1-16(23-12-34-36(28(23)31)20-14-37-15-20)9-21(24)27(22)35-5-3-25-26(13-35)38-6-4-32-25/h1-2,7-12,20,25-26,32H,3-6,13-15,31H2. The maximum Gasteiger partial charge on any atom is 0.130 e. The van der Waals surface area contributed by atoms with E-state index in [1.807, 2.05) is 16.8 Å². The van der Waals surface area contributed by atoms with Crippen LogP contribution in [0.5, 0.6) is 0 Å². The average Bonchev–Trinajstić information content (AvgIpc) is 3.26. The molecule has 0 bridgehead atoms. The van der Waals surface area contributed by atoms with E-state index in [0.29, 0.717) is 49.4 Å². The van der Waals surface area contributed by atoms with E-state index in [-0.39, 0.29) is 12.1 Å². The summed E-state index contributed by atoms with van der Waals surface area (Å²) in [5.41, 5.74) is 11.0. The number of nitrogens with zero attached hydrogens (tertiary/aromatic N) is 4. The van der Waals surface area contributed by atoms with Gasteiger partial charge in [-0.25, -0.2) is 13.5 Å². The first-order valence-corrected chi connectivity index (χ1v) is 13.0. The van der Waals surface area contributed by atoms with Crippen molar-refractivity contribution in [3.05, 3.63) is 60.4 Å². The maximum atomic E-state index is 14.3. The Balaban J connectivity index is 1.38. The summed E-state index contributed by atoms with van der Waals surface area (Å²) in [7, 11) is 0. The molecule has 4 aromatic rings. The van der Waals surface area contributed by atoms with Crippen LogP contribution in [0.3, 0.4) is 0 Å². The fraction of sp³-hybridized carbons (Fsp3) is 0.357. The second-order valence-electron chi connectivity index (χ2n) is 10.2. The smallest absolute Gasteiger partial charge is 0.130 e. The molecule has 3 aliphatic heterocycles. The average molecular weight is 519 g/mol. The molecule has 2 unspecified atom stereocenters. The van der Waals surface area contributed by atoms with Crippen LogP contribution in [0.2, 0.25) is 0 Å². The highest BCUT2D eigenvalue weighted by molar-refractivity contribution is 6.02. The van der Waals surface area contributed by atoms with Crippen molar-refractivity contribution >= 4 is 22.4 Å². The normalized spacial score (nSPS) is 21.9. The lowest BCUT2D eigenvalue weighted by Crippen LogP contribution is -2.57. The van der Waals surface area contributed by atoms with Crippen LogP contribution >= 0.6 is 0 Å². The number of piperidine rings is 1. The summed E-state index contributed by atoms with van der Waals surface area (Å²) < 4.78 is 41.9. The zero-order valence-electron chi connectivity index (χ0n) is 20.7. The molecular weight excluding hydrogens is 490 g/mol. The van der Waals surface area contributed by atoms with Gasteiger partial charge in [-0.2, -0.15) is 5.10 Å². The zero-order chi connectivity index (χ0) is 25.8. The molecule has 0 aliphatic carbocycles. The van der Waals surface area contributed by atoms with Gasteiger partial charge in [0, 0.05) is 54.5 Å². The van der Waals surface area contributed by atoms with E-state index in [9.17, 15) is 8.78 Å². The van der Waals surface area contributed by atoms with Gasteiger partial charge >= 0.3 is 0 Å². The molecule has 2 aromatic carbocycles. The molecule has 2 aromatic heterocycles. The number of pyridine rings is 1. The Labute approximate surface area is 218 Å². The monoisotopic (exact) mass is 518 g/mol. The van der Waals surface area contributed by atoms with Crippen molar-refractivity contribution in [3.63, 3.8) is 0 Å². The van der Waals surface area contributed by atoms with Crippen LogP contribution in [0, 0.1) is 11.6 Å². The van der Waals surface area contributed by atoms with Crippen molar-refractivity contribution < 1.29 is 18.3 Å². The first-order chi connectivity index (χ1) is 18.5. The Morgan fingerprint density at radius 1 is 1.00 bits per heavy atom. The number of hydrogen-bond donors (Lipinski definition) is 2. The third-order valence-corrected chi connectivity index (χ3v) is 7.84. The topological polar surface area (TPSA) is 90.5 Å². The molecule has 38 heavy (non-hydrogen) atoms. The number of benzene rings is 2. The summed E-state index contributed by atoms with van der Waals surface area (Å²) in [4.78, 5) is 6.95. The molecule has 0 saturated carbocycles. The summed E-state index contributed by atoms with van der Waals surface area (Å²) in [5.74, 6) is -0.671. The number of fused-ring (bicyclic) bond motifs is 2. The lowest BCUT2D eigenvalue weighted by Gasteiger charge is -2.43. The van der Waals surface area contributed by atoms with Gasteiger partial charge in [-0.1, -0.05) is 6.07 Å². The SMILES string of the molecule is Nc1c(-c2ccc3ncc(-c4cc(F)cc(F)c4)c(N4CCC5NCCOC5C4)c3c2)cnn1C1COC1. The number of morpholine rings is 1. The lowest BCUT2D eigenvalue weighted by molar-refractivity contribution is -0.0276. The van der Waals surface area contributed by atoms with Gasteiger partial charge in [-0.15, -0.1) is 0 Å². The minimum atomic E-state index is -0.626. The molecule has 0 amide bonds.